The molecule has 2 amide bonds. The van der Waals surface area contributed by atoms with Crippen molar-refractivity contribution in [3.8, 4) is 0 Å². The van der Waals surface area contributed by atoms with E-state index in [1.54, 1.807) is 0 Å². The molecular weight excluding hydrogens is 406 g/mol. The Hall–Kier alpha value is -3.71. The van der Waals surface area contributed by atoms with E-state index in [0.717, 1.165) is 22.5 Å². The maximum Gasteiger partial charge on any atom is 0.339 e. The Kier molecular flexibility index (Phi) is 7.35. The zero-order valence-electron chi connectivity index (χ0n) is 17.7. The summed E-state index contributed by atoms with van der Waals surface area (Å²) in [4.78, 5) is 12.0. The smallest absolute Gasteiger partial charge is 0.332 e. The van der Waals surface area contributed by atoms with Crippen molar-refractivity contribution in [1.29, 1.82) is 0 Å². The monoisotopic (exact) mass is 431 g/mol. The highest BCUT2D eigenvalue weighted by Gasteiger charge is 2.03. The van der Waals surface area contributed by atoms with Gasteiger partial charge in [-0.3, -0.25) is 0 Å². The number of nitrogens with zero attached hydrogens (tertiary/aromatic N) is 1. The normalized spacial score (nSPS) is 10.9. The van der Waals surface area contributed by atoms with Crippen LogP contribution in [0, 0.1) is 13.8 Å². The summed E-state index contributed by atoms with van der Waals surface area (Å²) in [6.07, 6.45) is 0. The second-order valence-corrected chi connectivity index (χ2v) is 7.56. The zero-order valence-corrected chi connectivity index (χ0v) is 18.5. The number of anilines is 3. The largest absolute Gasteiger partial charge is 0.339 e. The molecule has 0 bridgehead atoms. The number of hydrogen-bond donors (Lipinski definition) is 4. The molecule has 0 aliphatic heterocycles. The van der Waals surface area contributed by atoms with Crippen molar-refractivity contribution in [1.82, 2.24) is 5.43 Å². The van der Waals surface area contributed by atoms with Gasteiger partial charge in [-0.05, 0) is 75.0 Å². The van der Waals surface area contributed by atoms with E-state index in [9.17, 15) is 4.79 Å². The molecule has 0 aliphatic rings. The van der Waals surface area contributed by atoms with Crippen LogP contribution in [-0.2, 0) is 0 Å². The molecule has 6 nitrogen and oxygen atoms in total. The number of urea groups is 1. The molecular formula is C24H25N5OS. The van der Waals surface area contributed by atoms with E-state index in [1.165, 1.54) is 5.56 Å². The number of hydrazone groups is 1. The first-order valence-electron chi connectivity index (χ1n) is 9.82. The van der Waals surface area contributed by atoms with Crippen LogP contribution in [-0.4, -0.2) is 16.9 Å². The molecule has 3 aromatic carbocycles. The van der Waals surface area contributed by atoms with E-state index in [2.05, 4.69) is 26.5 Å². The lowest BCUT2D eigenvalue weighted by molar-refractivity contribution is 0.252. The minimum absolute atomic E-state index is 0.394. The first-order valence-corrected chi connectivity index (χ1v) is 10.2. The number of benzene rings is 3. The summed E-state index contributed by atoms with van der Waals surface area (Å²) < 4.78 is 0. The highest BCUT2D eigenvalue weighted by Crippen LogP contribution is 2.13. The van der Waals surface area contributed by atoms with Gasteiger partial charge in [0.05, 0.1) is 5.71 Å². The van der Waals surface area contributed by atoms with Crippen LogP contribution in [0.15, 0.2) is 77.9 Å². The first-order chi connectivity index (χ1) is 14.9. The molecule has 0 fully saturated rings. The lowest BCUT2D eigenvalue weighted by atomic mass is 10.1. The van der Waals surface area contributed by atoms with E-state index >= 15 is 0 Å². The van der Waals surface area contributed by atoms with Gasteiger partial charge in [0.15, 0.2) is 5.11 Å². The maximum absolute atomic E-state index is 12.0. The van der Waals surface area contributed by atoms with Crippen LogP contribution in [0.25, 0.3) is 0 Å². The number of hydrogen-bond acceptors (Lipinski definition) is 3. The van der Waals surface area contributed by atoms with Gasteiger partial charge in [0.2, 0.25) is 0 Å². The lowest BCUT2D eigenvalue weighted by Gasteiger charge is -2.11. The van der Waals surface area contributed by atoms with Gasteiger partial charge in [-0.25, -0.2) is 10.2 Å². The molecule has 0 radical (unpaired) electrons. The van der Waals surface area contributed by atoms with E-state index < -0.39 is 6.03 Å². The Morgan fingerprint density at radius 1 is 0.710 bits per heavy atom. The van der Waals surface area contributed by atoms with E-state index in [1.807, 2.05) is 93.6 Å². The van der Waals surface area contributed by atoms with Gasteiger partial charge in [0.1, 0.15) is 0 Å². The Morgan fingerprint density at radius 2 is 1.13 bits per heavy atom. The molecule has 0 aromatic heterocycles. The molecule has 3 rings (SSSR count). The molecule has 31 heavy (non-hydrogen) atoms. The van der Waals surface area contributed by atoms with Crippen LogP contribution < -0.4 is 21.4 Å². The van der Waals surface area contributed by atoms with Crippen LogP contribution in [0.2, 0.25) is 0 Å². The predicted molar refractivity (Wildman–Crippen MR) is 133 cm³/mol. The third-order valence-electron chi connectivity index (χ3n) is 4.50. The van der Waals surface area contributed by atoms with Crippen molar-refractivity contribution >= 4 is 46.1 Å². The summed E-state index contributed by atoms with van der Waals surface area (Å²) in [7, 11) is 0. The highest BCUT2D eigenvalue weighted by atomic mass is 32.1. The lowest BCUT2D eigenvalue weighted by Crippen LogP contribution is -2.25. The number of aryl methyl sites for hydroxylation is 2. The molecule has 0 heterocycles. The molecule has 158 valence electrons. The van der Waals surface area contributed by atoms with E-state index in [-0.39, 0.29) is 0 Å². The predicted octanol–water partition coefficient (Wildman–Crippen LogP) is 5.66. The summed E-state index contributed by atoms with van der Waals surface area (Å²) in [5.41, 5.74) is 8.90. The van der Waals surface area contributed by atoms with Gasteiger partial charge >= 0.3 is 6.03 Å². The molecule has 7 heteroatoms. The van der Waals surface area contributed by atoms with Crippen LogP contribution >= 0.6 is 12.2 Å². The van der Waals surface area contributed by atoms with Gasteiger partial charge in [-0.1, -0.05) is 47.5 Å². The topological polar surface area (TPSA) is 77.5 Å². The Labute approximate surface area is 187 Å². The summed E-state index contributed by atoms with van der Waals surface area (Å²) in [5, 5.41) is 13.7. The fourth-order valence-corrected chi connectivity index (χ4v) is 2.96. The maximum atomic E-state index is 12.0. The number of carbonyl (C=O) groups excluding carboxylic acids is 1. The molecule has 0 unspecified atom stereocenters. The summed E-state index contributed by atoms with van der Waals surface area (Å²) >= 11 is 5.37. The van der Waals surface area contributed by atoms with Crippen molar-refractivity contribution < 1.29 is 4.79 Å². The minimum atomic E-state index is -0.394. The van der Waals surface area contributed by atoms with Gasteiger partial charge in [-0.15, -0.1) is 0 Å². The second kappa shape index (κ2) is 10.4. The quantitative estimate of drug-likeness (QED) is 0.239. The third-order valence-corrected chi connectivity index (χ3v) is 4.71. The SMILES string of the molecule is C/C(=N\NC(=O)Nc1ccc(C)cc1)c1ccc(NC(=S)Nc2ccc(C)cc2)cc1. The molecule has 0 saturated heterocycles. The molecule has 0 atom stereocenters. The number of thiocarbonyl (C=S) groups is 1. The summed E-state index contributed by atoms with van der Waals surface area (Å²) in [6, 6.07) is 22.8. The molecule has 4 N–H and O–H groups in total. The van der Waals surface area contributed by atoms with Crippen LogP contribution in [0.3, 0.4) is 0 Å². The van der Waals surface area contributed by atoms with Crippen molar-refractivity contribution in [2.75, 3.05) is 16.0 Å². The van der Waals surface area contributed by atoms with E-state index in [4.69, 9.17) is 12.2 Å². The second-order valence-electron chi connectivity index (χ2n) is 7.15. The third kappa shape index (κ3) is 6.94. The van der Waals surface area contributed by atoms with Crippen molar-refractivity contribution in [3.05, 3.63) is 89.5 Å². The number of amides is 2. The number of nitrogens with one attached hydrogen (secondary N) is 4. The highest BCUT2D eigenvalue weighted by molar-refractivity contribution is 7.80. The van der Waals surface area contributed by atoms with Crippen LogP contribution in [0.1, 0.15) is 23.6 Å². The first kappa shape index (κ1) is 22.0. The van der Waals surface area contributed by atoms with Gasteiger partial charge in [-0.2, -0.15) is 5.10 Å². The molecule has 0 spiro atoms. The molecule has 0 aliphatic carbocycles. The number of carbonyl (C=O) groups is 1. The average Bonchev–Trinajstić information content (AvgIpc) is 2.76. The average molecular weight is 432 g/mol. The minimum Gasteiger partial charge on any atom is -0.332 e. The number of rotatable bonds is 5. The Bertz CT molecular complexity index is 1070. The Morgan fingerprint density at radius 3 is 1.61 bits per heavy atom. The Balaban J connectivity index is 1.52. The van der Waals surface area contributed by atoms with E-state index in [0.29, 0.717) is 16.5 Å². The zero-order chi connectivity index (χ0) is 22.2. The fraction of sp³-hybridized carbons (Fsp3) is 0.125. The van der Waals surface area contributed by atoms with Crippen molar-refractivity contribution in [2.24, 2.45) is 5.10 Å². The standard InChI is InChI=1S/C24H25N5OS/c1-16-4-10-20(11-5-16)25-23(30)29-28-18(3)19-8-14-22(15-9-19)27-24(31)26-21-12-6-17(2)7-13-21/h4-15H,1-3H3,(H2,25,29,30)(H2,26,27,31)/b28-18+. The molecule has 3 aromatic rings. The summed E-state index contributed by atoms with van der Waals surface area (Å²) in [5.74, 6) is 0. The summed E-state index contributed by atoms with van der Waals surface area (Å²) in [6.45, 7) is 5.86. The van der Waals surface area contributed by atoms with Crippen molar-refractivity contribution in [3.63, 3.8) is 0 Å². The molecule has 0 saturated carbocycles. The van der Waals surface area contributed by atoms with Gasteiger partial charge < -0.3 is 16.0 Å². The van der Waals surface area contributed by atoms with Crippen LogP contribution in [0.4, 0.5) is 21.9 Å². The fourth-order valence-electron chi connectivity index (χ4n) is 2.72. The van der Waals surface area contributed by atoms with Crippen LogP contribution in [0.5, 0.6) is 0 Å². The van der Waals surface area contributed by atoms with Crippen molar-refractivity contribution in [2.45, 2.75) is 20.8 Å². The van der Waals surface area contributed by atoms with Gasteiger partial charge in [0.25, 0.3) is 0 Å². The van der Waals surface area contributed by atoms with Gasteiger partial charge in [0, 0.05) is 17.1 Å².